The highest BCUT2D eigenvalue weighted by Gasteiger charge is 1.98. The summed E-state index contributed by atoms with van der Waals surface area (Å²) in [6.07, 6.45) is 0.924. The monoisotopic (exact) mass is 115 g/mol. The molecule has 0 saturated carbocycles. The van der Waals surface area contributed by atoms with Gasteiger partial charge in [0.05, 0.1) is 6.61 Å². The maximum absolute atomic E-state index is 8.54. The van der Waals surface area contributed by atoms with Gasteiger partial charge in [0.15, 0.2) is 0 Å². The Morgan fingerprint density at radius 3 is 2.50 bits per heavy atom. The molecule has 2 nitrogen and oxygen atoms in total. The normalized spacial score (nSPS) is 13.9. The summed E-state index contributed by atoms with van der Waals surface area (Å²) >= 11 is 0. The van der Waals surface area contributed by atoms with E-state index in [0.717, 1.165) is 6.42 Å². The van der Waals surface area contributed by atoms with Crippen molar-refractivity contribution in [3.8, 4) is 0 Å². The fraction of sp³-hybridized carbons (Fsp3) is 0.833. The Morgan fingerprint density at radius 1 is 1.75 bits per heavy atom. The van der Waals surface area contributed by atoms with E-state index in [9.17, 15) is 0 Å². The van der Waals surface area contributed by atoms with Crippen LogP contribution in [0.2, 0.25) is 0 Å². The molecule has 2 N–H and O–H groups in total. The van der Waals surface area contributed by atoms with Crippen molar-refractivity contribution in [2.24, 2.45) is 0 Å². The van der Waals surface area contributed by atoms with E-state index in [4.69, 9.17) is 12.0 Å². The van der Waals surface area contributed by atoms with Gasteiger partial charge < -0.3 is 10.4 Å². The van der Waals surface area contributed by atoms with Gasteiger partial charge in [0.2, 0.25) is 0 Å². The van der Waals surface area contributed by atoms with Gasteiger partial charge in [-0.05, 0) is 19.9 Å². The Hall–Kier alpha value is -0.0800. The number of rotatable bonds is 4. The van der Waals surface area contributed by atoms with Gasteiger partial charge in [0, 0.05) is 6.04 Å². The molecule has 0 aromatic carbocycles. The molecule has 0 aliphatic rings. The highest BCUT2D eigenvalue weighted by atomic mass is 16.3. The van der Waals surface area contributed by atoms with E-state index < -0.39 is 0 Å². The summed E-state index contributed by atoms with van der Waals surface area (Å²) in [5, 5.41) is 11.4. The van der Waals surface area contributed by atoms with Crippen LogP contribution in [-0.2, 0) is 0 Å². The van der Waals surface area contributed by atoms with Gasteiger partial charge in [0.25, 0.3) is 0 Å². The van der Waals surface area contributed by atoms with E-state index in [1.165, 1.54) is 0 Å². The van der Waals surface area contributed by atoms with Crippen LogP contribution in [0, 0.1) is 6.92 Å². The molecule has 0 amide bonds. The number of hydrogen-bond acceptors (Lipinski definition) is 2. The van der Waals surface area contributed by atoms with E-state index in [1.807, 2.05) is 6.92 Å². The third kappa shape index (κ3) is 2.99. The second-order valence-electron chi connectivity index (χ2n) is 1.70. The molecule has 0 aliphatic carbocycles. The Labute approximate surface area is 50.9 Å². The number of aliphatic hydroxyl groups is 1. The lowest BCUT2D eigenvalue weighted by Crippen LogP contribution is -2.31. The molecule has 0 fully saturated rings. The van der Waals surface area contributed by atoms with E-state index in [0.29, 0.717) is 6.54 Å². The molecular weight excluding hydrogens is 102 g/mol. The first-order valence-corrected chi connectivity index (χ1v) is 2.89. The highest BCUT2D eigenvalue weighted by molar-refractivity contribution is 4.62. The SMILES string of the molecule is [CH]CNC(CC)CO. The minimum absolute atomic E-state index is 0.174. The summed E-state index contributed by atoms with van der Waals surface area (Å²) in [6.45, 7) is 7.78. The Kier molecular flexibility index (Phi) is 5.01. The van der Waals surface area contributed by atoms with E-state index in [-0.39, 0.29) is 12.6 Å². The lowest BCUT2D eigenvalue weighted by Gasteiger charge is -2.10. The van der Waals surface area contributed by atoms with Crippen molar-refractivity contribution in [1.29, 1.82) is 0 Å². The Bertz CT molecular complexity index is 43.8. The van der Waals surface area contributed by atoms with Crippen LogP contribution >= 0.6 is 0 Å². The van der Waals surface area contributed by atoms with Gasteiger partial charge in [-0.15, -0.1) is 0 Å². The number of aliphatic hydroxyl groups excluding tert-OH is 1. The van der Waals surface area contributed by atoms with E-state index >= 15 is 0 Å². The molecule has 0 rings (SSSR count). The molecule has 2 radical (unpaired) electrons. The number of nitrogens with one attached hydrogen (secondary N) is 1. The zero-order chi connectivity index (χ0) is 6.41. The predicted molar refractivity (Wildman–Crippen MR) is 33.5 cm³/mol. The van der Waals surface area contributed by atoms with Gasteiger partial charge in [-0.1, -0.05) is 6.92 Å². The molecule has 0 aromatic rings. The highest BCUT2D eigenvalue weighted by Crippen LogP contribution is 1.85. The largest absolute Gasteiger partial charge is 0.395 e. The lowest BCUT2D eigenvalue weighted by atomic mass is 10.2. The average molecular weight is 115 g/mol. The zero-order valence-corrected chi connectivity index (χ0v) is 5.22. The Morgan fingerprint density at radius 2 is 2.38 bits per heavy atom. The minimum atomic E-state index is 0.174. The third-order valence-corrected chi connectivity index (χ3v) is 1.12. The topological polar surface area (TPSA) is 32.3 Å². The van der Waals surface area contributed by atoms with Gasteiger partial charge in [-0.2, -0.15) is 0 Å². The molecule has 0 aromatic heterocycles. The molecule has 0 aliphatic heterocycles. The molecule has 48 valence electrons. The van der Waals surface area contributed by atoms with Crippen molar-refractivity contribution in [3.63, 3.8) is 0 Å². The molecule has 0 heterocycles. The second kappa shape index (κ2) is 5.06. The smallest absolute Gasteiger partial charge is 0.0584 e. The molecule has 8 heavy (non-hydrogen) atoms. The third-order valence-electron chi connectivity index (χ3n) is 1.12. The quantitative estimate of drug-likeness (QED) is 0.543. The van der Waals surface area contributed by atoms with Crippen LogP contribution < -0.4 is 5.32 Å². The lowest BCUT2D eigenvalue weighted by molar-refractivity contribution is 0.242. The molecule has 2 heteroatoms. The van der Waals surface area contributed by atoms with Gasteiger partial charge in [0.1, 0.15) is 0 Å². The fourth-order valence-electron chi connectivity index (χ4n) is 0.505. The summed E-state index contributed by atoms with van der Waals surface area (Å²) in [4.78, 5) is 0. The molecule has 0 spiro atoms. The first kappa shape index (κ1) is 7.92. The fourth-order valence-corrected chi connectivity index (χ4v) is 0.505. The van der Waals surface area contributed by atoms with Crippen molar-refractivity contribution in [2.45, 2.75) is 19.4 Å². The molecule has 1 atom stereocenters. The average Bonchev–Trinajstić information content (AvgIpc) is 1.83. The van der Waals surface area contributed by atoms with Crippen LogP contribution in [0.4, 0.5) is 0 Å². The van der Waals surface area contributed by atoms with Gasteiger partial charge >= 0.3 is 0 Å². The summed E-state index contributed by atoms with van der Waals surface area (Å²) in [5.41, 5.74) is 0. The summed E-state index contributed by atoms with van der Waals surface area (Å²) in [6, 6.07) is 0.181. The first-order valence-electron chi connectivity index (χ1n) is 2.89. The summed E-state index contributed by atoms with van der Waals surface area (Å²) in [5.74, 6) is 0. The van der Waals surface area contributed by atoms with Crippen LogP contribution in [-0.4, -0.2) is 24.3 Å². The second-order valence-corrected chi connectivity index (χ2v) is 1.70. The van der Waals surface area contributed by atoms with Crippen LogP contribution in [0.5, 0.6) is 0 Å². The molecule has 1 unspecified atom stereocenters. The van der Waals surface area contributed by atoms with Crippen LogP contribution in [0.15, 0.2) is 0 Å². The van der Waals surface area contributed by atoms with Crippen LogP contribution in [0.1, 0.15) is 13.3 Å². The van der Waals surface area contributed by atoms with Crippen LogP contribution in [0.25, 0.3) is 0 Å². The maximum atomic E-state index is 8.54. The van der Waals surface area contributed by atoms with Crippen molar-refractivity contribution < 1.29 is 5.11 Å². The van der Waals surface area contributed by atoms with E-state index in [2.05, 4.69) is 5.32 Å². The summed E-state index contributed by atoms with van der Waals surface area (Å²) in [7, 11) is 0. The van der Waals surface area contributed by atoms with Crippen molar-refractivity contribution in [2.75, 3.05) is 13.2 Å². The van der Waals surface area contributed by atoms with Gasteiger partial charge in [-0.3, -0.25) is 0 Å². The molecule has 0 saturated heterocycles. The van der Waals surface area contributed by atoms with Crippen molar-refractivity contribution in [3.05, 3.63) is 6.92 Å². The van der Waals surface area contributed by atoms with Crippen LogP contribution in [0.3, 0.4) is 0 Å². The summed E-state index contributed by atoms with van der Waals surface area (Å²) < 4.78 is 0. The Balaban J connectivity index is 3.07. The maximum Gasteiger partial charge on any atom is 0.0584 e. The molecule has 0 bridgehead atoms. The minimum Gasteiger partial charge on any atom is -0.395 e. The first-order chi connectivity index (χ1) is 3.85. The van der Waals surface area contributed by atoms with Crippen molar-refractivity contribution >= 4 is 0 Å². The molecular formula is C6H13NO. The van der Waals surface area contributed by atoms with Crippen molar-refractivity contribution in [1.82, 2.24) is 5.32 Å². The zero-order valence-electron chi connectivity index (χ0n) is 5.22. The standard InChI is InChI=1S/C6H13NO/c1-3-6(5-8)7-4-2/h2,6-8H,3-5H2,1H3. The predicted octanol–water partition coefficient (Wildman–Crippen LogP) is 0.0580. The number of hydrogen-bond donors (Lipinski definition) is 2. The van der Waals surface area contributed by atoms with Gasteiger partial charge in [-0.25, -0.2) is 0 Å². The van der Waals surface area contributed by atoms with E-state index in [1.54, 1.807) is 0 Å².